The zero-order valence-electron chi connectivity index (χ0n) is 42.8. The Kier molecular flexibility index (Phi) is 16.7. The first-order valence-electron chi connectivity index (χ1n) is 25.3. The monoisotopic (exact) mass is 1040 g/mol. The number of benzene rings is 3. The van der Waals surface area contributed by atoms with Crippen molar-refractivity contribution in [2.45, 2.75) is 147 Å². The third-order valence-corrected chi connectivity index (χ3v) is 14.6. The lowest BCUT2D eigenvalue weighted by Gasteiger charge is -2.43. The number of amides is 4. The number of unbranched alkanes of at least 4 members (excludes halogenated alkanes) is 2. The Morgan fingerprint density at radius 3 is 2.33 bits per heavy atom. The van der Waals surface area contributed by atoms with Gasteiger partial charge in [0.25, 0.3) is 0 Å². The van der Waals surface area contributed by atoms with Gasteiger partial charge < -0.3 is 65.4 Å². The van der Waals surface area contributed by atoms with Gasteiger partial charge in [-0.05, 0) is 69.8 Å². The Morgan fingerprint density at radius 1 is 0.907 bits per heavy atom. The van der Waals surface area contributed by atoms with Gasteiger partial charge in [0.2, 0.25) is 17.7 Å². The van der Waals surface area contributed by atoms with Crippen LogP contribution in [0, 0.1) is 5.92 Å². The summed E-state index contributed by atoms with van der Waals surface area (Å²) in [6, 6.07) is 8.39. The number of rotatable bonds is 18. The van der Waals surface area contributed by atoms with Gasteiger partial charge in [0.05, 0.1) is 41.2 Å². The maximum Gasteiger partial charge on any atom is 0.411 e. The molecule has 0 spiro atoms. The Balaban J connectivity index is 0.931. The van der Waals surface area contributed by atoms with Crippen molar-refractivity contribution in [3.05, 3.63) is 81.4 Å². The number of methoxy groups -OCH3 is 1. The molecule has 75 heavy (non-hydrogen) atoms. The molecule has 404 valence electrons. The van der Waals surface area contributed by atoms with Crippen molar-refractivity contribution in [3.63, 3.8) is 0 Å². The predicted molar refractivity (Wildman–Crippen MR) is 266 cm³/mol. The summed E-state index contributed by atoms with van der Waals surface area (Å²) in [7, 11) is 1.53. The Labute approximate surface area is 433 Å². The minimum absolute atomic E-state index is 0.106. The first-order chi connectivity index (χ1) is 35.7. The number of phenols is 2. The molecule has 5 aliphatic rings. The molecule has 9 N–H and O–H groups in total. The van der Waals surface area contributed by atoms with Crippen LogP contribution in [-0.2, 0) is 60.6 Å². The molecule has 0 aromatic heterocycles. The number of morpholine rings is 1. The molecule has 3 heterocycles. The third kappa shape index (κ3) is 11.3. The number of anilines is 2. The van der Waals surface area contributed by atoms with Gasteiger partial charge in [0.15, 0.2) is 36.2 Å². The number of carbonyl (C=O) groups excluding carboxylic acids is 7. The molecule has 1 unspecified atom stereocenters. The van der Waals surface area contributed by atoms with Crippen LogP contribution in [0.1, 0.15) is 128 Å². The van der Waals surface area contributed by atoms with Crippen molar-refractivity contribution in [1.82, 2.24) is 15.5 Å². The molecule has 3 fully saturated rings. The van der Waals surface area contributed by atoms with E-state index >= 15 is 0 Å². The zero-order valence-corrected chi connectivity index (χ0v) is 42.8. The van der Waals surface area contributed by atoms with Crippen LogP contribution < -0.4 is 27.0 Å². The summed E-state index contributed by atoms with van der Waals surface area (Å²) in [5.74, 6) is -5.39. The number of fused-ring (bicyclic) bond motifs is 6. The van der Waals surface area contributed by atoms with Gasteiger partial charge in [-0.25, -0.2) is 4.79 Å². The number of aliphatic hydroxyl groups is 1. The highest BCUT2D eigenvalue weighted by Crippen LogP contribution is 2.53. The normalized spacial score (nSPS) is 25.6. The molecule has 3 aromatic rings. The van der Waals surface area contributed by atoms with Crippen molar-refractivity contribution in [3.8, 4) is 11.5 Å². The molecule has 3 saturated heterocycles. The summed E-state index contributed by atoms with van der Waals surface area (Å²) < 4.78 is 35.9. The van der Waals surface area contributed by atoms with E-state index in [0.29, 0.717) is 37.4 Å². The molecule has 3 aromatic carbocycles. The number of ketones is 3. The molecule has 10 atom stereocenters. The van der Waals surface area contributed by atoms with Crippen LogP contribution in [0.2, 0.25) is 0 Å². The van der Waals surface area contributed by atoms with Gasteiger partial charge >= 0.3 is 6.09 Å². The van der Waals surface area contributed by atoms with Gasteiger partial charge in [0, 0.05) is 67.8 Å². The average molecular weight is 1040 g/mol. The second-order valence-corrected chi connectivity index (χ2v) is 20.1. The predicted octanol–water partition coefficient (Wildman–Crippen LogP) is 3.58. The molecule has 3 aliphatic heterocycles. The summed E-state index contributed by atoms with van der Waals surface area (Å²) >= 11 is 0. The summed E-state index contributed by atoms with van der Waals surface area (Å²) in [5, 5.41) is 46.5. The van der Waals surface area contributed by atoms with Crippen LogP contribution in [0.25, 0.3) is 0 Å². The molecule has 22 heteroatoms. The highest BCUT2D eigenvalue weighted by molar-refractivity contribution is 6.32. The summed E-state index contributed by atoms with van der Waals surface area (Å²) in [4.78, 5) is 96.1. The van der Waals surface area contributed by atoms with Crippen molar-refractivity contribution < 1.29 is 77.3 Å². The van der Waals surface area contributed by atoms with E-state index in [1.165, 1.54) is 39.2 Å². The fourth-order valence-electron chi connectivity index (χ4n) is 10.5. The van der Waals surface area contributed by atoms with E-state index in [2.05, 4.69) is 26.2 Å². The maximum absolute atomic E-state index is 14.6. The third-order valence-electron chi connectivity index (χ3n) is 14.6. The molecule has 0 radical (unpaired) electrons. The van der Waals surface area contributed by atoms with Gasteiger partial charge in [-0.1, -0.05) is 44.5 Å². The first-order valence-corrected chi connectivity index (χ1v) is 25.3. The maximum atomic E-state index is 14.6. The molecular formula is C53H66N6O16. The Bertz CT molecular complexity index is 2720. The summed E-state index contributed by atoms with van der Waals surface area (Å²) in [6.45, 7) is 9.30. The van der Waals surface area contributed by atoms with Gasteiger partial charge in [-0.2, -0.15) is 0 Å². The van der Waals surface area contributed by atoms with E-state index in [-0.39, 0.29) is 71.4 Å². The van der Waals surface area contributed by atoms with Crippen molar-refractivity contribution >= 4 is 52.5 Å². The van der Waals surface area contributed by atoms with E-state index < -0.39 is 119 Å². The zero-order chi connectivity index (χ0) is 54.0. The van der Waals surface area contributed by atoms with Crippen LogP contribution in [0.3, 0.4) is 0 Å². The van der Waals surface area contributed by atoms with Gasteiger partial charge in [0.1, 0.15) is 41.9 Å². The van der Waals surface area contributed by atoms with Gasteiger partial charge in [-0.15, -0.1) is 0 Å². The number of nitrogens with one attached hydrogen (secondary N) is 4. The van der Waals surface area contributed by atoms with Crippen LogP contribution in [-0.4, -0.2) is 143 Å². The lowest BCUT2D eigenvalue weighted by atomic mass is 9.72. The van der Waals surface area contributed by atoms with E-state index in [9.17, 15) is 48.9 Å². The first kappa shape index (κ1) is 54.9. The van der Waals surface area contributed by atoms with Crippen molar-refractivity contribution in [2.75, 3.05) is 37.4 Å². The van der Waals surface area contributed by atoms with E-state index in [1.807, 2.05) is 6.92 Å². The fraction of sp³-hybridized carbons (Fsp3) is 0.528. The number of ether oxygens (including phenoxy) is 6. The molecule has 2 aliphatic carbocycles. The lowest BCUT2D eigenvalue weighted by Crippen LogP contribution is -2.55. The number of nitrogens with zero attached hydrogens (tertiary/aromatic N) is 1. The molecule has 4 amide bonds. The second-order valence-electron chi connectivity index (χ2n) is 20.1. The van der Waals surface area contributed by atoms with Crippen molar-refractivity contribution in [1.29, 1.82) is 0 Å². The minimum atomic E-state index is -2.10. The largest absolute Gasteiger partial charge is 0.507 e. The number of nitrogens with two attached hydrogens (primary N) is 1. The number of aromatic hydroxyl groups is 2. The number of phenolic OH excluding ortho intramolecular Hbond substituents is 2. The fourth-order valence-corrected chi connectivity index (χ4v) is 10.5. The summed E-state index contributed by atoms with van der Waals surface area (Å²) in [5.41, 5.74) is 2.32. The molecule has 0 saturated carbocycles. The quantitative estimate of drug-likeness (QED) is 0.0522. The van der Waals surface area contributed by atoms with Crippen LogP contribution in [0.4, 0.5) is 16.2 Å². The highest BCUT2D eigenvalue weighted by Gasteiger charge is 2.55. The standard InChI is InChI=1S/C53H66N6O16/c1-25(2)42(58-36(61)13-8-7-9-18-54)49(67)55-26(3)48(66)56-30-16-14-29(15-17-30)24-72-52(68)57-33-12-10-11-31-38(33)45(64)41-40(43(31)62)44(63)32-22-53(69,28(5)60)23-35(39(32)46(41)65)74-37-21-34-47(27(4)73-37)75-50-51(70-6)71-20-19-59(34)50/h10-12,14-17,25-27,34-35,37,42,47,50-51,63,65,69H,7-9,13,18-24,54H2,1-6H3,(H,55,67)(H,56,66)(H,57,68)(H,58,61)/t26-,27-,34-,35-,37?,42-,47+,50+,51-,53-/m0/s1. The Hall–Kier alpha value is -6.37. The van der Waals surface area contributed by atoms with Gasteiger partial charge in [-0.3, -0.25) is 39.0 Å². The highest BCUT2D eigenvalue weighted by atomic mass is 16.7. The van der Waals surface area contributed by atoms with E-state index in [1.54, 1.807) is 38.1 Å². The molecule has 8 rings (SSSR count). The van der Waals surface area contributed by atoms with Crippen LogP contribution in [0.5, 0.6) is 11.5 Å². The molecular weight excluding hydrogens is 977 g/mol. The number of hydrogen-bond acceptors (Lipinski definition) is 18. The number of Topliss-reactive ketones (excluding diaryl/α,β-unsaturated/α-hetero) is 1. The smallest absolute Gasteiger partial charge is 0.411 e. The lowest BCUT2D eigenvalue weighted by molar-refractivity contribution is -0.256. The number of hydrogen-bond donors (Lipinski definition) is 8. The number of carbonyl (C=O) groups is 7. The average Bonchev–Trinajstić information content (AvgIpc) is 3.78. The topological polar surface area (TPSA) is 313 Å². The second kappa shape index (κ2) is 22.8. The van der Waals surface area contributed by atoms with E-state index in [4.69, 9.17) is 34.2 Å². The SMILES string of the molecule is CO[C@H]1OCCN2[C@@H]1O[C@@H]1[C@H](C)OC(O[C@H]3C[C@](O)(C(C)=O)Cc4c(O)c5c(c(O)c43)C(=O)c3c(NC(=O)OCc4ccc(NC(=O)[C@H](C)NC(=O)[C@@H](NC(=O)CCCCCN)C(C)C)cc4)cccc3C5=O)C[C@@H]12. The van der Waals surface area contributed by atoms with E-state index in [0.717, 1.165) is 12.8 Å². The van der Waals surface area contributed by atoms with Crippen LogP contribution in [0.15, 0.2) is 42.5 Å². The van der Waals surface area contributed by atoms with Crippen molar-refractivity contribution in [2.24, 2.45) is 11.7 Å². The summed E-state index contributed by atoms with van der Waals surface area (Å²) in [6.07, 6.45) is -3.48. The molecule has 0 bridgehead atoms. The Morgan fingerprint density at radius 2 is 1.64 bits per heavy atom. The van der Waals surface area contributed by atoms with Crippen LogP contribution >= 0.6 is 0 Å². The molecule has 22 nitrogen and oxygen atoms in total. The minimum Gasteiger partial charge on any atom is -0.507 e.